The summed E-state index contributed by atoms with van der Waals surface area (Å²) in [6.45, 7) is -0.161. The predicted molar refractivity (Wildman–Crippen MR) is 118 cm³/mol. The Bertz CT molecular complexity index is 1070. The summed E-state index contributed by atoms with van der Waals surface area (Å²) in [5, 5.41) is 4.34. The second-order valence-electron chi connectivity index (χ2n) is 6.01. The average Bonchev–Trinajstić information content (AvgIpc) is 2.73. The number of carbonyl (C=O) groups excluding carboxylic acids is 2. The number of hydrazone groups is 1. The third-order valence-electron chi connectivity index (χ3n) is 3.72. The Morgan fingerprint density at radius 2 is 1.77 bits per heavy atom. The second kappa shape index (κ2) is 10.6. The topological polar surface area (TPSA) is 77.0 Å². The molecule has 0 heterocycles. The molecule has 0 atom stereocenters. The Morgan fingerprint density at radius 1 is 1.00 bits per heavy atom. The van der Waals surface area contributed by atoms with Crippen molar-refractivity contribution < 1.29 is 19.1 Å². The lowest BCUT2D eigenvalue weighted by atomic mass is 10.2. The number of benzene rings is 3. The number of nitrogens with one attached hydrogen (secondary N) is 1. The molecular formula is C22H16BrClN2O4. The van der Waals surface area contributed by atoms with Crippen molar-refractivity contribution in [3.8, 4) is 11.5 Å². The molecule has 0 bridgehead atoms. The highest BCUT2D eigenvalue weighted by Gasteiger charge is 2.09. The van der Waals surface area contributed by atoms with Crippen LogP contribution in [0, 0.1) is 0 Å². The van der Waals surface area contributed by atoms with Gasteiger partial charge in [-0.15, -0.1) is 0 Å². The molecule has 0 aliphatic heterocycles. The van der Waals surface area contributed by atoms with E-state index in [-0.39, 0.29) is 6.61 Å². The Kier molecular flexibility index (Phi) is 7.59. The van der Waals surface area contributed by atoms with E-state index in [9.17, 15) is 9.59 Å². The van der Waals surface area contributed by atoms with Gasteiger partial charge in [0.15, 0.2) is 6.61 Å². The molecule has 30 heavy (non-hydrogen) atoms. The quantitative estimate of drug-likeness (QED) is 0.224. The fraction of sp³-hybridized carbons (Fsp3) is 0.0455. The number of amides is 1. The van der Waals surface area contributed by atoms with E-state index in [2.05, 4.69) is 26.5 Å². The summed E-state index contributed by atoms with van der Waals surface area (Å²) in [6.07, 6.45) is 1.47. The van der Waals surface area contributed by atoms with Gasteiger partial charge in [-0.3, -0.25) is 4.79 Å². The molecule has 0 spiro atoms. The van der Waals surface area contributed by atoms with Crippen LogP contribution < -0.4 is 14.9 Å². The molecule has 0 aromatic heterocycles. The molecule has 3 aromatic carbocycles. The van der Waals surface area contributed by atoms with Crippen molar-refractivity contribution in [2.45, 2.75) is 0 Å². The van der Waals surface area contributed by atoms with Crippen molar-refractivity contribution in [3.05, 3.63) is 93.4 Å². The van der Waals surface area contributed by atoms with Gasteiger partial charge >= 0.3 is 5.97 Å². The third-order valence-corrected chi connectivity index (χ3v) is 4.45. The molecular weight excluding hydrogens is 472 g/mol. The lowest BCUT2D eigenvalue weighted by molar-refractivity contribution is -0.123. The van der Waals surface area contributed by atoms with Gasteiger partial charge in [-0.25, -0.2) is 10.2 Å². The smallest absolute Gasteiger partial charge is 0.343 e. The molecule has 1 amide bonds. The fourth-order valence-electron chi connectivity index (χ4n) is 2.32. The van der Waals surface area contributed by atoms with Gasteiger partial charge in [0.25, 0.3) is 5.91 Å². The first kappa shape index (κ1) is 21.5. The minimum Gasteiger partial charge on any atom is -0.484 e. The molecule has 1 N–H and O–H groups in total. The highest BCUT2D eigenvalue weighted by Crippen LogP contribution is 2.18. The molecule has 0 saturated heterocycles. The lowest BCUT2D eigenvalue weighted by Gasteiger charge is -2.05. The number of carbonyl (C=O) groups is 2. The van der Waals surface area contributed by atoms with E-state index < -0.39 is 11.9 Å². The van der Waals surface area contributed by atoms with Crippen molar-refractivity contribution in [3.63, 3.8) is 0 Å². The molecule has 8 heteroatoms. The maximum atomic E-state index is 12.1. The first-order chi connectivity index (χ1) is 14.5. The largest absolute Gasteiger partial charge is 0.484 e. The van der Waals surface area contributed by atoms with Crippen molar-refractivity contribution >= 4 is 45.6 Å². The number of rotatable bonds is 7. The van der Waals surface area contributed by atoms with E-state index in [1.807, 2.05) is 12.1 Å². The standard InChI is InChI=1S/C22H16BrClN2O4/c23-17-4-2-6-20(12-17)29-14-21(27)26-25-13-15-7-9-19(10-8-15)30-22(28)16-3-1-5-18(24)11-16/h1-13H,14H2,(H,26,27)/b25-13-. The molecule has 6 nitrogen and oxygen atoms in total. The van der Waals surface area contributed by atoms with Crippen LogP contribution in [0.4, 0.5) is 0 Å². The van der Waals surface area contributed by atoms with Gasteiger partial charge in [0.1, 0.15) is 11.5 Å². The van der Waals surface area contributed by atoms with E-state index in [1.165, 1.54) is 12.3 Å². The zero-order valence-corrected chi connectivity index (χ0v) is 17.9. The number of hydrogen-bond acceptors (Lipinski definition) is 5. The second-order valence-corrected chi connectivity index (χ2v) is 7.36. The van der Waals surface area contributed by atoms with Crippen LogP contribution in [0.3, 0.4) is 0 Å². The molecule has 0 aliphatic carbocycles. The minimum absolute atomic E-state index is 0.161. The van der Waals surface area contributed by atoms with Gasteiger partial charge in [0.2, 0.25) is 0 Å². The fourth-order valence-corrected chi connectivity index (χ4v) is 2.89. The molecule has 152 valence electrons. The van der Waals surface area contributed by atoms with Gasteiger partial charge in [0.05, 0.1) is 11.8 Å². The number of halogens is 2. The van der Waals surface area contributed by atoms with E-state index in [4.69, 9.17) is 21.1 Å². The molecule has 3 rings (SSSR count). The number of hydrogen-bond donors (Lipinski definition) is 1. The van der Waals surface area contributed by atoms with Crippen LogP contribution in [0.2, 0.25) is 5.02 Å². The lowest BCUT2D eigenvalue weighted by Crippen LogP contribution is -2.24. The van der Waals surface area contributed by atoms with Crippen LogP contribution in [0.5, 0.6) is 11.5 Å². The first-order valence-electron chi connectivity index (χ1n) is 8.78. The molecule has 0 fully saturated rings. The Morgan fingerprint density at radius 3 is 2.50 bits per heavy atom. The van der Waals surface area contributed by atoms with Gasteiger partial charge in [-0.2, -0.15) is 5.10 Å². The summed E-state index contributed by atoms with van der Waals surface area (Å²) < 4.78 is 11.5. The predicted octanol–water partition coefficient (Wildman–Crippen LogP) is 4.85. The van der Waals surface area contributed by atoms with Crippen LogP contribution >= 0.6 is 27.5 Å². The Labute approximate surface area is 186 Å². The normalized spacial score (nSPS) is 10.6. The summed E-state index contributed by atoms with van der Waals surface area (Å²) >= 11 is 9.21. The Balaban J connectivity index is 1.47. The highest BCUT2D eigenvalue weighted by molar-refractivity contribution is 9.10. The SMILES string of the molecule is O=C(COc1cccc(Br)c1)N/N=C\c1ccc(OC(=O)c2cccc(Cl)c2)cc1. The first-order valence-corrected chi connectivity index (χ1v) is 9.95. The minimum atomic E-state index is -0.503. The highest BCUT2D eigenvalue weighted by atomic mass is 79.9. The van der Waals surface area contributed by atoms with Gasteiger partial charge in [-0.1, -0.05) is 39.7 Å². The zero-order valence-electron chi connectivity index (χ0n) is 15.5. The summed E-state index contributed by atoms with van der Waals surface area (Å²) in [6, 6.07) is 20.4. The summed E-state index contributed by atoms with van der Waals surface area (Å²) in [4.78, 5) is 23.9. The number of esters is 1. The molecule has 0 saturated carbocycles. The number of ether oxygens (including phenoxy) is 2. The Hall–Kier alpha value is -3.16. The van der Waals surface area contributed by atoms with Gasteiger partial charge in [-0.05, 0) is 66.2 Å². The van der Waals surface area contributed by atoms with Gasteiger partial charge in [0, 0.05) is 9.50 Å². The van der Waals surface area contributed by atoms with Crippen LogP contribution in [0.1, 0.15) is 15.9 Å². The zero-order chi connectivity index (χ0) is 21.3. The average molecular weight is 488 g/mol. The van der Waals surface area contributed by atoms with Crippen LogP contribution in [0.15, 0.2) is 82.4 Å². The summed E-state index contributed by atoms with van der Waals surface area (Å²) in [5.41, 5.74) is 3.46. The van der Waals surface area contributed by atoms with E-state index in [0.717, 1.165) is 4.47 Å². The van der Waals surface area contributed by atoms with Crippen molar-refractivity contribution in [2.24, 2.45) is 5.10 Å². The molecule has 3 aromatic rings. The molecule has 0 radical (unpaired) electrons. The number of nitrogens with zero attached hydrogens (tertiary/aromatic N) is 1. The van der Waals surface area contributed by atoms with Gasteiger partial charge < -0.3 is 9.47 Å². The van der Waals surface area contributed by atoms with Crippen LogP contribution in [-0.2, 0) is 4.79 Å². The van der Waals surface area contributed by atoms with Crippen LogP contribution in [-0.4, -0.2) is 24.7 Å². The van der Waals surface area contributed by atoms with Crippen molar-refractivity contribution in [1.29, 1.82) is 0 Å². The van der Waals surface area contributed by atoms with E-state index >= 15 is 0 Å². The summed E-state index contributed by atoms with van der Waals surface area (Å²) in [5.74, 6) is 0.0601. The molecule has 0 aliphatic rings. The maximum absolute atomic E-state index is 12.1. The monoisotopic (exact) mass is 486 g/mol. The van der Waals surface area contributed by atoms with Crippen molar-refractivity contribution in [2.75, 3.05) is 6.61 Å². The third kappa shape index (κ3) is 6.72. The summed E-state index contributed by atoms with van der Waals surface area (Å²) in [7, 11) is 0. The van der Waals surface area contributed by atoms with Crippen molar-refractivity contribution in [1.82, 2.24) is 5.43 Å². The van der Waals surface area contributed by atoms with E-state index in [1.54, 1.807) is 54.6 Å². The molecule has 0 unspecified atom stereocenters. The van der Waals surface area contributed by atoms with Crippen LogP contribution in [0.25, 0.3) is 0 Å². The maximum Gasteiger partial charge on any atom is 0.343 e. The van der Waals surface area contributed by atoms with E-state index in [0.29, 0.717) is 27.6 Å².